The molecular formula is C30H31F2N3O3. The van der Waals surface area contributed by atoms with E-state index in [0.29, 0.717) is 39.0 Å². The number of aliphatic hydroxyl groups is 1. The van der Waals surface area contributed by atoms with E-state index >= 15 is 0 Å². The van der Waals surface area contributed by atoms with Crippen LogP contribution in [-0.2, 0) is 4.79 Å². The number of H-pyrrole nitrogens is 1. The molecule has 0 spiro atoms. The van der Waals surface area contributed by atoms with Gasteiger partial charge in [-0.05, 0) is 93.3 Å². The highest BCUT2D eigenvalue weighted by Crippen LogP contribution is 2.39. The molecule has 2 aromatic heterocycles. The lowest BCUT2D eigenvalue weighted by Crippen LogP contribution is -2.46. The van der Waals surface area contributed by atoms with Crippen molar-refractivity contribution in [2.75, 3.05) is 13.7 Å². The smallest absolute Gasteiger partial charge is 0.247 e. The largest absolute Gasteiger partial charge is 0.493 e. The van der Waals surface area contributed by atoms with Crippen LogP contribution in [0, 0.1) is 25.5 Å². The number of hydrogen-bond acceptors (Lipinski definition) is 4. The summed E-state index contributed by atoms with van der Waals surface area (Å²) in [6, 6.07) is 7.95. The second kappa shape index (κ2) is 10.4. The monoisotopic (exact) mass is 519 g/mol. The summed E-state index contributed by atoms with van der Waals surface area (Å²) in [6.45, 7) is 8.51. The van der Waals surface area contributed by atoms with Crippen LogP contribution in [-0.4, -0.2) is 40.2 Å². The molecule has 8 heteroatoms. The van der Waals surface area contributed by atoms with Crippen LogP contribution < -0.4 is 10.1 Å². The summed E-state index contributed by atoms with van der Waals surface area (Å²) < 4.78 is 34.8. The highest BCUT2D eigenvalue weighted by atomic mass is 19.1. The number of carbonyl (C=O) groups is 1. The molecule has 38 heavy (non-hydrogen) atoms. The van der Waals surface area contributed by atoms with Gasteiger partial charge in [-0.2, -0.15) is 0 Å². The molecule has 0 atom stereocenters. The predicted molar refractivity (Wildman–Crippen MR) is 146 cm³/mol. The third-order valence-corrected chi connectivity index (χ3v) is 6.51. The fraction of sp³-hybridized carbons (Fsp3) is 0.267. The molecule has 0 aliphatic rings. The number of benzene rings is 2. The Kier molecular flexibility index (Phi) is 7.37. The first kappa shape index (κ1) is 27.0. The van der Waals surface area contributed by atoms with Crippen molar-refractivity contribution < 1.29 is 23.4 Å². The molecule has 0 aliphatic carbocycles. The summed E-state index contributed by atoms with van der Waals surface area (Å²) in [4.78, 5) is 20.3. The molecule has 2 aromatic carbocycles. The zero-order valence-corrected chi connectivity index (χ0v) is 22.3. The molecule has 6 nitrogen and oxygen atoms in total. The summed E-state index contributed by atoms with van der Waals surface area (Å²) in [5.41, 5.74) is 4.82. The zero-order valence-electron chi connectivity index (χ0n) is 22.3. The third kappa shape index (κ3) is 5.31. The Morgan fingerprint density at radius 1 is 1.13 bits per heavy atom. The van der Waals surface area contributed by atoms with Crippen molar-refractivity contribution in [3.05, 3.63) is 76.6 Å². The Balaban J connectivity index is 1.81. The Hall–Kier alpha value is -4.04. The van der Waals surface area contributed by atoms with Crippen LogP contribution in [0.4, 0.5) is 8.78 Å². The van der Waals surface area contributed by atoms with Crippen LogP contribution in [0.2, 0.25) is 0 Å². The van der Waals surface area contributed by atoms with Crippen LogP contribution in [0.5, 0.6) is 5.75 Å². The van der Waals surface area contributed by atoms with Gasteiger partial charge >= 0.3 is 0 Å². The lowest BCUT2D eigenvalue weighted by atomic mass is 9.94. The van der Waals surface area contributed by atoms with Gasteiger partial charge in [-0.1, -0.05) is 0 Å². The number of rotatable bonds is 7. The van der Waals surface area contributed by atoms with Crippen molar-refractivity contribution in [2.45, 2.75) is 40.2 Å². The lowest BCUT2D eigenvalue weighted by molar-refractivity contribution is -0.119. The topological polar surface area (TPSA) is 87.2 Å². The van der Waals surface area contributed by atoms with Crippen LogP contribution in [0.3, 0.4) is 0 Å². The molecule has 4 aromatic rings. The molecule has 4 rings (SSSR count). The highest BCUT2D eigenvalue weighted by molar-refractivity contribution is 5.99. The maximum atomic E-state index is 14.8. The number of nitrogens with zero attached hydrogens (tertiary/aromatic N) is 1. The van der Waals surface area contributed by atoms with E-state index in [1.807, 2.05) is 26.0 Å². The summed E-state index contributed by atoms with van der Waals surface area (Å²) >= 11 is 0. The number of pyridine rings is 1. The van der Waals surface area contributed by atoms with Crippen molar-refractivity contribution in [3.63, 3.8) is 0 Å². The second-order valence-electron chi connectivity index (χ2n) is 10.1. The van der Waals surface area contributed by atoms with Crippen LogP contribution >= 0.6 is 0 Å². The molecule has 198 valence electrons. The van der Waals surface area contributed by atoms with E-state index < -0.39 is 17.2 Å². The van der Waals surface area contributed by atoms with E-state index in [0.717, 1.165) is 16.5 Å². The average molecular weight is 520 g/mol. The van der Waals surface area contributed by atoms with E-state index in [9.17, 15) is 18.7 Å². The number of amides is 1. The van der Waals surface area contributed by atoms with Gasteiger partial charge in [0.25, 0.3) is 0 Å². The summed E-state index contributed by atoms with van der Waals surface area (Å²) in [5, 5.41) is 12.9. The Labute approximate surface area is 220 Å². The lowest BCUT2D eigenvalue weighted by Gasteiger charge is -2.23. The number of fused-ring (bicyclic) bond motifs is 1. The first-order chi connectivity index (χ1) is 17.9. The Bertz CT molecular complexity index is 1570. The summed E-state index contributed by atoms with van der Waals surface area (Å²) in [6.07, 6.45) is 5.02. The maximum absolute atomic E-state index is 14.8. The van der Waals surface area contributed by atoms with Crippen LogP contribution in [0.25, 0.3) is 39.4 Å². The second-order valence-corrected chi connectivity index (χ2v) is 10.1. The third-order valence-electron chi connectivity index (χ3n) is 6.51. The molecule has 2 heterocycles. The molecule has 0 saturated carbocycles. The fourth-order valence-corrected chi connectivity index (χ4v) is 4.40. The molecule has 1 amide bonds. The van der Waals surface area contributed by atoms with Crippen molar-refractivity contribution >= 4 is 23.0 Å². The number of ether oxygens (including phenoxy) is 1. The number of aliphatic hydroxyl groups excluding tert-OH is 1. The number of aromatic nitrogens is 2. The number of hydrogen-bond donors (Lipinski definition) is 3. The van der Waals surface area contributed by atoms with Gasteiger partial charge in [0, 0.05) is 40.0 Å². The molecular weight excluding hydrogens is 488 g/mol. The maximum Gasteiger partial charge on any atom is 0.247 e. The minimum absolute atomic E-state index is 0.134. The van der Waals surface area contributed by atoms with Crippen LogP contribution in [0.15, 0.2) is 48.3 Å². The van der Waals surface area contributed by atoms with E-state index in [-0.39, 0.29) is 18.3 Å². The number of methoxy groups -OCH3 is 1. The van der Waals surface area contributed by atoms with Gasteiger partial charge < -0.3 is 20.1 Å². The van der Waals surface area contributed by atoms with E-state index in [1.165, 1.54) is 25.3 Å². The number of nitrogens with one attached hydrogen (secondary N) is 2. The standard InChI is InChI=1S/C30H31F2N3O3/c1-16-7-23(27(38-6)26(32)8-16)25-14-34-28-24(25)11-20(13-33-28)22-12-21(31)10-19(18(22)3)9-17(2)29(37)35-30(4,5)15-36/h7-14,36H,15H2,1-6H3,(H,33,34)(H,35,37)/b17-9+. The molecule has 3 N–H and O–H groups in total. The first-order valence-electron chi connectivity index (χ1n) is 12.2. The Morgan fingerprint density at radius 3 is 2.55 bits per heavy atom. The minimum Gasteiger partial charge on any atom is -0.493 e. The van der Waals surface area contributed by atoms with Gasteiger partial charge in [-0.3, -0.25) is 4.79 Å². The van der Waals surface area contributed by atoms with Crippen molar-refractivity contribution in [3.8, 4) is 28.0 Å². The van der Waals surface area contributed by atoms with Crippen LogP contribution in [0.1, 0.15) is 37.5 Å². The molecule has 0 fully saturated rings. The average Bonchev–Trinajstić information content (AvgIpc) is 3.28. The quantitative estimate of drug-likeness (QED) is 0.258. The molecule has 0 saturated heterocycles. The minimum atomic E-state index is -0.785. The Morgan fingerprint density at radius 2 is 1.87 bits per heavy atom. The summed E-state index contributed by atoms with van der Waals surface area (Å²) in [7, 11) is 1.42. The van der Waals surface area contributed by atoms with Gasteiger partial charge in [-0.25, -0.2) is 13.8 Å². The van der Waals surface area contributed by atoms with E-state index in [2.05, 4.69) is 15.3 Å². The van der Waals surface area contributed by atoms with Gasteiger partial charge in [0.15, 0.2) is 11.6 Å². The molecule has 0 unspecified atom stereocenters. The van der Waals surface area contributed by atoms with Crippen molar-refractivity contribution in [2.24, 2.45) is 0 Å². The van der Waals surface area contributed by atoms with Gasteiger partial charge in [-0.15, -0.1) is 0 Å². The van der Waals surface area contributed by atoms with Gasteiger partial charge in [0.1, 0.15) is 11.5 Å². The van der Waals surface area contributed by atoms with E-state index in [4.69, 9.17) is 4.74 Å². The van der Waals surface area contributed by atoms with Gasteiger partial charge in [0.2, 0.25) is 5.91 Å². The SMILES string of the molecule is COc1c(F)cc(C)cc1-c1c[nH]c2ncc(-c3cc(F)cc(/C=C(\C)C(=O)NC(C)(C)CO)c3C)cc12. The number of halogens is 2. The fourth-order valence-electron chi connectivity index (χ4n) is 4.40. The molecule has 0 aliphatic heterocycles. The number of aryl methyl sites for hydroxylation is 1. The van der Waals surface area contributed by atoms with E-state index in [1.54, 1.807) is 39.2 Å². The number of carbonyl (C=O) groups excluding carboxylic acids is 1. The molecule has 0 radical (unpaired) electrons. The summed E-state index contributed by atoms with van der Waals surface area (Å²) in [5.74, 6) is -1.14. The normalized spacial score (nSPS) is 12.2. The van der Waals surface area contributed by atoms with Crippen molar-refractivity contribution in [1.82, 2.24) is 15.3 Å². The van der Waals surface area contributed by atoms with Gasteiger partial charge in [0.05, 0.1) is 19.3 Å². The highest BCUT2D eigenvalue weighted by Gasteiger charge is 2.21. The number of aromatic amines is 1. The molecule has 0 bridgehead atoms. The zero-order chi connectivity index (χ0) is 27.8. The van der Waals surface area contributed by atoms with Crippen molar-refractivity contribution in [1.29, 1.82) is 0 Å². The predicted octanol–water partition coefficient (Wildman–Crippen LogP) is 6.09. The first-order valence-corrected chi connectivity index (χ1v) is 12.2.